The molecule has 40 heavy (non-hydrogen) atoms. The van der Waals surface area contributed by atoms with Crippen molar-refractivity contribution in [3.05, 3.63) is 95.0 Å². The molecule has 1 aliphatic rings. The number of aromatic nitrogens is 4. The van der Waals surface area contributed by atoms with Crippen molar-refractivity contribution >= 4 is 29.3 Å². The first-order valence-electron chi connectivity index (χ1n) is 14.0. The summed E-state index contributed by atoms with van der Waals surface area (Å²) in [6.45, 7) is 3.05. The predicted octanol–water partition coefficient (Wildman–Crippen LogP) is 6.30. The molecule has 0 saturated heterocycles. The van der Waals surface area contributed by atoms with E-state index >= 15 is 0 Å². The molecule has 3 N–H and O–H groups in total. The summed E-state index contributed by atoms with van der Waals surface area (Å²) in [6.07, 6.45) is 12.0. The van der Waals surface area contributed by atoms with Crippen molar-refractivity contribution < 1.29 is 4.79 Å². The lowest BCUT2D eigenvalue weighted by molar-refractivity contribution is -0.122. The molecule has 0 spiro atoms. The van der Waals surface area contributed by atoms with Crippen LogP contribution < -0.4 is 16.0 Å². The molecule has 0 radical (unpaired) electrons. The van der Waals surface area contributed by atoms with E-state index in [-0.39, 0.29) is 5.91 Å². The number of benzene rings is 2. The molecule has 4 aromatic rings. The maximum absolute atomic E-state index is 13.5. The minimum atomic E-state index is -0.417. The molecule has 2 heterocycles. The van der Waals surface area contributed by atoms with E-state index in [9.17, 15) is 4.79 Å². The van der Waals surface area contributed by atoms with Gasteiger partial charge in [-0.1, -0.05) is 85.7 Å². The number of nitrogens with one attached hydrogen (secondary N) is 3. The topological polar surface area (TPSA) is 96.8 Å². The number of halogens is 1. The van der Waals surface area contributed by atoms with E-state index in [4.69, 9.17) is 21.6 Å². The molecule has 9 heteroatoms. The van der Waals surface area contributed by atoms with Crippen LogP contribution >= 0.6 is 11.6 Å². The van der Waals surface area contributed by atoms with Crippen LogP contribution in [0.1, 0.15) is 55.2 Å². The van der Waals surface area contributed by atoms with Crippen LogP contribution in [0.4, 0.5) is 11.8 Å². The summed E-state index contributed by atoms with van der Waals surface area (Å²) in [5, 5.41) is 10.6. The molecule has 208 valence electrons. The first-order chi connectivity index (χ1) is 19.5. The van der Waals surface area contributed by atoms with Crippen LogP contribution in [0.2, 0.25) is 5.02 Å². The van der Waals surface area contributed by atoms with E-state index < -0.39 is 6.04 Å². The van der Waals surface area contributed by atoms with Gasteiger partial charge in [0.15, 0.2) is 0 Å². The third kappa shape index (κ3) is 7.82. The SMILES string of the molecule is Cc1ccc(CNC(=O)C(CC2CCCCC2)Nc2cc(-n3ccnc3)nc(NCc3cccc(Cl)c3)n2)cc1. The largest absolute Gasteiger partial charge is 0.358 e. The summed E-state index contributed by atoms with van der Waals surface area (Å²) in [5.41, 5.74) is 3.29. The molecule has 1 aliphatic carbocycles. The van der Waals surface area contributed by atoms with Crippen LogP contribution in [0.5, 0.6) is 0 Å². The molecule has 1 fully saturated rings. The second-order valence-corrected chi connectivity index (χ2v) is 11.0. The highest BCUT2D eigenvalue weighted by molar-refractivity contribution is 6.30. The second-order valence-electron chi connectivity index (χ2n) is 10.5. The fourth-order valence-electron chi connectivity index (χ4n) is 5.13. The molecule has 2 aromatic heterocycles. The van der Waals surface area contributed by atoms with Crippen LogP contribution in [0.3, 0.4) is 0 Å². The molecule has 1 unspecified atom stereocenters. The summed E-state index contributed by atoms with van der Waals surface area (Å²) in [5.74, 6) is 2.16. The van der Waals surface area contributed by atoms with E-state index in [0.29, 0.717) is 41.6 Å². The third-order valence-electron chi connectivity index (χ3n) is 7.34. The number of rotatable bonds is 11. The second kappa shape index (κ2) is 13.4. The van der Waals surface area contributed by atoms with Gasteiger partial charge in [0, 0.05) is 36.6 Å². The van der Waals surface area contributed by atoms with Crippen molar-refractivity contribution in [3.8, 4) is 5.82 Å². The van der Waals surface area contributed by atoms with Gasteiger partial charge in [0.1, 0.15) is 24.0 Å². The van der Waals surface area contributed by atoms with Crippen LogP contribution in [-0.4, -0.2) is 31.5 Å². The maximum atomic E-state index is 13.5. The van der Waals surface area contributed by atoms with Crippen molar-refractivity contribution in [2.45, 2.75) is 64.6 Å². The number of aryl methyl sites for hydroxylation is 1. The highest BCUT2D eigenvalue weighted by Gasteiger charge is 2.25. The Morgan fingerprint density at radius 2 is 1.85 bits per heavy atom. The molecule has 1 saturated carbocycles. The van der Waals surface area contributed by atoms with Crippen LogP contribution in [0.15, 0.2) is 73.3 Å². The average Bonchev–Trinajstić information content (AvgIpc) is 3.51. The zero-order chi connectivity index (χ0) is 27.7. The van der Waals surface area contributed by atoms with Gasteiger partial charge in [-0.2, -0.15) is 9.97 Å². The first kappa shape index (κ1) is 27.6. The van der Waals surface area contributed by atoms with Gasteiger partial charge in [-0.05, 0) is 42.5 Å². The molecule has 0 aliphatic heterocycles. The number of nitrogens with zero attached hydrogens (tertiary/aromatic N) is 4. The van der Waals surface area contributed by atoms with E-state index in [1.165, 1.54) is 24.8 Å². The molecule has 0 bridgehead atoms. The molecule has 1 atom stereocenters. The Morgan fingerprint density at radius 1 is 1.02 bits per heavy atom. The van der Waals surface area contributed by atoms with Crippen molar-refractivity contribution in [3.63, 3.8) is 0 Å². The first-order valence-corrected chi connectivity index (χ1v) is 14.3. The molecule has 2 aromatic carbocycles. The van der Waals surface area contributed by atoms with Gasteiger partial charge in [-0.25, -0.2) is 4.98 Å². The maximum Gasteiger partial charge on any atom is 0.242 e. The van der Waals surface area contributed by atoms with Gasteiger partial charge < -0.3 is 16.0 Å². The Bertz CT molecular complexity index is 1390. The lowest BCUT2D eigenvalue weighted by Gasteiger charge is -2.27. The molecule has 8 nitrogen and oxygen atoms in total. The summed E-state index contributed by atoms with van der Waals surface area (Å²) >= 11 is 6.17. The summed E-state index contributed by atoms with van der Waals surface area (Å²) < 4.78 is 1.82. The Balaban J connectivity index is 1.36. The van der Waals surface area contributed by atoms with Crippen molar-refractivity contribution in [1.82, 2.24) is 24.8 Å². The van der Waals surface area contributed by atoms with Crippen LogP contribution in [0, 0.1) is 12.8 Å². The third-order valence-corrected chi connectivity index (χ3v) is 7.58. The summed E-state index contributed by atoms with van der Waals surface area (Å²) in [7, 11) is 0. The molecule has 5 rings (SSSR count). The normalized spacial score (nSPS) is 14.4. The predicted molar refractivity (Wildman–Crippen MR) is 160 cm³/mol. The number of amides is 1. The van der Waals surface area contributed by atoms with Gasteiger partial charge in [0.2, 0.25) is 11.9 Å². The number of anilines is 2. The Kier molecular flexibility index (Phi) is 9.29. The number of hydrogen-bond donors (Lipinski definition) is 3. The quantitative estimate of drug-likeness (QED) is 0.200. The van der Waals surface area contributed by atoms with E-state index in [2.05, 4.69) is 52.1 Å². The highest BCUT2D eigenvalue weighted by atomic mass is 35.5. The zero-order valence-corrected chi connectivity index (χ0v) is 23.6. The lowest BCUT2D eigenvalue weighted by Crippen LogP contribution is -2.41. The highest BCUT2D eigenvalue weighted by Crippen LogP contribution is 2.28. The van der Waals surface area contributed by atoms with Gasteiger partial charge in [-0.15, -0.1) is 0 Å². The molecular weight excluding hydrogens is 522 g/mol. The monoisotopic (exact) mass is 557 g/mol. The lowest BCUT2D eigenvalue weighted by atomic mass is 9.84. The summed E-state index contributed by atoms with van der Waals surface area (Å²) in [4.78, 5) is 27.1. The van der Waals surface area contributed by atoms with Gasteiger partial charge in [-0.3, -0.25) is 9.36 Å². The van der Waals surface area contributed by atoms with Crippen molar-refractivity contribution in [2.24, 2.45) is 5.92 Å². The van der Waals surface area contributed by atoms with E-state index in [0.717, 1.165) is 30.4 Å². The minimum absolute atomic E-state index is 0.0256. The minimum Gasteiger partial charge on any atom is -0.358 e. The van der Waals surface area contributed by atoms with Crippen molar-refractivity contribution in [2.75, 3.05) is 10.6 Å². The van der Waals surface area contributed by atoms with Gasteiger partial charge >= 0.3 is 0 Å². The Morgan fingerprint density at radius 3 is 2.60 bits per heavy atom. The fourth-order valence-corrected chi connectivity index (χ4v) is 5.34. The zero-order valence-electron chi connectivity index (χ0n) is 22.8. The number of carbonyl (C=O) groups is 1. The average molecular weight is 558 g/mol. The molecule has 1 amide bonds. The Labute approximate surface area is 240 Å². The number of carbonyl (C=O) groups excluding carboxylic acids is 1. The van der Waals surface area contributed by atoms with Crippen LogP contribution in [-0.2, 0) is 17.9 Å². The smallest absolute Gasteiger partial charge is 0.242 e. The fraction of sp³-hybridized carbons (Fsp3) is 0.355. The van der Waals surface area contributed by atoms with Gasteiger partial charge in [0.05, 0.1) is 0 Å². The summed E-state index contributed by atoms with van der Waals surface area (Å²) in [6, 6.07) is 17.3. The van der Waals surface area contributed by atoms with Crippen LogP contribution in [0.25, 0.3) is 5.82 Å². The van der Waals surface area contributed by atoms with E-state index in [1.807, 2.05) is 41.1 Å². The number of hydrogen-bond acceptors (Lipinski definition) is 6. The van der Waals surface area contributed by atoms with Crippen molar-refractivity contribution in [1.29, 1.82) is 0 Å². The van der Waals surface area contributed by atoms with Gasteiger partial charge in [0.25, 0.3) is 0 Å². The van der Waals surface area contributed by atoms with E-state index in [1.54, 1.807) is 12.5 Å². The molecular formula is C31H36ClN7O. The Hall–Kier alpha value is -3.91. The number of imidazole rings is 1. The standard InChI is InChI=1S/C31H36ClN7O/c1-22-10-12-24(13-11-22)19-34-30(40)27(17-23-6-3-2-4-7-23)36-28-18-29(39-15-14-33-21-39)38-31(37-28)35-20-25-8-5-9-26(32)16-25/h5,8-16,18,21,23,27H,2-4,6-7,17,19-20H2,1H3,(H,34,40)(H2,35,36,37,38).